The Bertz CT molecular complexity index is 1480. The van der Waals surface area contributed by atoms with E-state index in [2.05, 4.69) is 65.6 Å². The molecule has 44 heavy (non-hydrogen) atoms. The minimum Gasteiger partial charge on any atom is -0.489 e. The van der Waals surface area contributed by atoms with Crippen LogP contribution in [0.3, 0.4) is 0 Å². The first-order chi connectivity index (χ1) is 21.5. The van der Waals surface area contributed by atoms with Crippen molar-refractivity contribution in [2.24, 2.45) is 0 Å². The third kappa shape index (κ3) is 10.9. The molecular formula is C38H41NO5. The molecule has 0 saturated carbocycles. The van der Waals surface area contributed by atoms with E-state index in [1.807, 2.05) is 42.5 Å². The maximum atomic E-state index is 11.8. The number of hydrogen-bond donors (Lipinski definition) is 0. The minimum atomic E-state index is -0.341. The van der Waals surface area contributed by atoms with Crippen LogP contribution < -0.4 is 4.74 Å². The molecule has 0 aliphatic rings. The quantitative estimate of drug-likeness (QED) is 0.0759. The van der Waals surface area contributed by atoms with Crippen LogP contribution in [-0.2, 0) is 33.8 Å². The number of hydrogen-bond acceptors (Lipinski definition) is 6. The maximum absolute atomic E-state index is 11.8. The summed E-state index contributed by atoms with van der Waals surface area (Å²) in [7, 11) is 2.81. The second kappa shape index (κ2) is 17.4. The monoisotopic (exact) mass is 591 g/mol. The van der Waals surface area contributed by atoms with Crippen LogP contribution in [0.25, 0.3) is 12.2 Å². The summed E-state index contributed by atoms with van der Waals surface area (Å²) in [5.74, 6) is 0.326. The van der Waals surface area contributed by atoms with Crippen molar-refractivity contribution in [3.63, 3.8) is 0 Å². The third-order valence-corrected chi connectivity index (χ3v) is 7.38. The SMILES string of the molecule is COC(=O)CCCCN(CCc1cccc(OCc2ccc(/C=C/c3ccccc3)cc2)c1)Cc1ccc(C(=O)OC)cc1. The van der Waals surface area contributed by atoms with Crippen LogP contribution >= 0.6 is 0 Å². The van der Waals surface area contributed by atoms with Gasteiger partial charge in [0.05, 0.1) is 19.8 Å². The lowest BCUT2D eigenvalue weighted by Gasteiger charge is -2.23. The van der Waals surface area contributed by atoms with Gasteiger partial charge in [-0.1, -0.05) is 91.0 Å². The number of ether oxygens (including phenoxy) is 3. The Labute approximate surface area is 260 Å². The molecule has 0 unspecified atom stereocenters. The Balaban J connectivity index is 1.31. The number of methoxy groups -OCH3 is 2. The number of carbonyl (C=O) groups excluding carboxylic acids is 2. The first kappa shape index (κ1) is 32.2. The van der Waals surface area contributed by atoms with Gasteiger partial charge in [-0.15, -0.1) is 0 Å². The van der Waals surface area contributed by atoms with Gasteiger partial charge in [-0.2, -0.15) is 0 Å². The van der Waals surface area contributed by atoms with Gasteiger partial charge in [0.15, 0.2) is 0 Å². The fourth-order valence-electron chi connectivity index (χ4n) is 4.83. The summed E-state index contributed by atoms with van der Waals surface area (Å²) >= 11 is 0. The van der Waals surface area contributed by atoms with Crippen LogP contribution in [0.1, 0.15) is 57.4 Å². The zero-order valence-corrected chi connectivity index (χ0v) is 25.6. The molecule has 0 aliphatic heterocycles. The van der Waals surface area contributed by atoms with Gasteiger partial charge in [0.25, 0.3) is 0 Å². The molecule has 228 valence electrons. The second-order valence-corrected chi connectivity index (χ2v) is 10.7. The normalized spacial score (nSPS) is 11.1. The summed E-state index contributed by atoms with van der Waals surface area (Å²) in [4.78, 5) is 25.7. The van der Waals surface area contributed by atoms with Gasteiger partial charge < -0.3 is 14.2 Å². The molecule has 0 spiro atoms. The largest absolute Gasteiger partial charge is 0.489 e. The molecule has 0 heterocycles. The first-order valence-electron chi connectivity index (χ1n) is 15.0. The van der Waals surface area contributed by atoms with Crippen molar-refractivity contribution in [2.75, 3.05) is 27.3 Å². The molecule has 0 aromatic heterocycles. The summed E-state index contributed by atoms with van der Waals surface area (Å²) in [6, 6.07) is 34.5. The molecule has 0 fully saturated rings. The molecule has 0 bridgehead atoms. The Morgan fingerprint density at radius 3 is 2.09 bits per heavy atom. The van der Waals surface area contributed by atoms with Gasteiger partial charge in [0, 0.05) is 19.5 Å². The van der Waals surface area contributed by atoms with Crippen molar-refractivity contribution in [1.29, 1.82) is 0 Å². The number of carbonyl (C=O) groups is 2. The molecule has 0 radical (unpaired) electrons. The van der Waals surface area contributed by atoms with Crippen LogP contribution in [0.15, 0.2) is 103 Å². The molecule has 6 nitrogen and oxygen atoms in total. The lowest BCUT2D eigenvalue weighted by atomic mass is 10.1. The van der Waals surface area contributed by atoms with Crippen molar-refractivity contribution in [2.45, 2.75) is 38.8 Å². The van der Waals surface area contributed by atoms with Crippen LogP contribution in [0.4, 0.5) is 0 Å². The van der Waals surface area contributed by atoms with E-state index in [9.17, 15) is 9.59 Å². The topological polar surface area (TPSA) is 65.1 Å². The number of unbranched alkanes of at least 4 members (excludes halogenated alkanes) is 1. The van der Waals surface area contributed by atoms with Gasteiger partial charge in [-0.25, -0.2) is 4.79 Å². The number of benzene rings is 4. The summed E-state index contributed by atoms with van der Waals surface area (Å²) in [6.45, 7) is 2.94. The zero-order chi connectivity index (χ0) is 31.0. The summed E-state index contributed by atoms with van der Waals surface area (Å²) < 4.78 is 15.7. The van der Waals surface area contributed by atoms with E-state index in [1.165, 1.54) is 25.3 Å². The molecule has 4 rings (SSSR count). The van der Waals surface area contributed by atoms with Crippen molar-refractivity contribution < 1.29 is 23.8 Å². The molecule has 0 atom stereocenters. The zero-order valence-electron chi connectivity index (χ0n) is 25.6. The van der Waals surface area contributed by atoms with Crippen LogP contribution in [0.5, 0.6) is 5.75 Å². The van der Waals surface area contributed by atoms with Crippen molar-refractivity contribution in [3.05, 3.63) is 137 Å². The summed E-state index contributed by atoms with van der Waals surface area (Å²) in [5, 5.41) is 0. The highest BCUT2D eigenvalue weighted by Crippen LogP contribution is 2.18. The molecule has 0 saturated heterocycles. The second-order valence-electron chi connectivity index (χ2n) is 10.7. The van der Waals surface area contributed by atoms with E-state index in [4.69, 9.17) is 14.2 Å². The first-order valence-corrected chi connectivity index (χ1v) is 15.0. The maximum Gasteiger partial charge on any atom is 0.337 e. The number of esters is 2. The standard InChI is InChI=1S/C38H41NO5/c1-42-37(40)13-6-7-25-39(28-33-20-22-35(23-21-33)38(41)43-2)26-24-32-11-8-12-36(27-32)44-29-34-18-16-31(17-19-34)15-14-30-9-4-3-5-10-30/h3-5,8-12,14-23,27H,6-7,13,24-26,28-29H2,1-2H3/b15-14+. The highest BCUT2D eigenvalue weighted by atomic mass is 16.5. The smallest absolute Gasteiger partial charge is 0.337 e. The van der Waals surface area contributed by atoms with Crippen molar-refractivity contribution in [1.82, 2.24) is 4.90 Å². The van der Waals surface area contributed by atoms with Crippen molar-refractivity contribution in [3.8, 4) is 5.75 Å². The third-order valence-electron chi connectivity index (χ3n) is 7.38. The molecule has 4 aromatic rings. The molecule has 0 amide bonds. The van der Waals surface area contributed by atoms with E-state index in [0.717, 1.165) is 61.3 Å². The van der Waals surface area contributed by atoms with Gasteiger partial charge in [-0.3, -0.25) is 9.69 Å². The highest BCUT2D eigenvalue weighted by molar-refractivity contribution is 5.89. The number of rotatable bonds is 16. The van der Waals surface area contributed by atoms with Crippen molar-refractivity contribution >= 4 is 24.1 Å². The van der Waals surface area contributed by atoms with E-state index in [1.54, 1.807) is 12.1 Å². The molecule has 4 aromatic carbocycles. The molecule has 0 aliphatic carbocycles. The molecular weight excluding hydrogens is 550 g/mol. The molecule has 6 heteroatoms. The van der Waals surface area contributed by atoms with Crippen LogP contribution in [-0.4, -0.2) is 44.1 Å². The Kier molecular flexibility index (Phi) is 12.8. The van der Waals surface area contributed by atoms with Gasteiger partial charge in [0.2, 0.25) is 0 Å². The Hall–Kier alpha value is -4.68. The fourth-order valence-corrected chi connectivity index (χ4v) is 4.83. The predicted molar refractivity (Wildman–Crippen MR) is 175 cm³/mol. The fraction of sp³-hybridized carbons (Fsp3) is 0.263. The van der Waals surface area contributed by atoms with E-state index in [0.29, 0.717) is 18.6 Å². The Morgan fingerprint density at radius 1 is 0.682 bits per heavy atom. The number of nitrogens with zero attached hydrogens (tertiary/aromatic N) is 1. The lowest BCUT2D eigenvalue weighted by Crippen LogP contribution is -2.27. The molecule has 0 N–H and O–H groups in total. The van der Waals surface area contributed by atoms with E-state index >= 15 is 0 Å². The summed E-state index contributed by atoms with van der Waals surface area (Å²) in [6.07, 6.45) is 7.17. The van der Waals surface area contributed by atoms with Crippen LogP contribution in [0, 0.1) is 0 Å². The lowest BCUT2D eigenvalue weighted by molar-refractivity contribution is -0.140. The average Bonchev–Trinajstić information content (AvgIpc) is 3.08. The van der Waals surface area contributed by atoms with Gasteiger partial charge in [0.1, 0.15) is 12.4 Å². The average molecular weight is 592 g/mol. The summed E-state index contributed by atoms with van der Waals surface area (Å²) in [5.41, 5.74) is 6.29. The highest BCUT2D eigenvalue weighted by Gasteiger charge is 2.10. The predicted octanol–water partition coefficient (Wildman–Crippen LogP) is 7.61. The Morgan fingerprint density at radius 2 is 1.39 bits per heavy atom. The van der Waals surface area contributed by atoms with Gasteiger partial charge >= 0.3 is 11.9 Å². The van der Waals surface area contributed by atoms with E-state index in [-0.39, 0.29) is 11.9 Å². The van der Waals surface area contributed by atoms with Crippen LogP contribution in [0.2, 0.25) is 0 Å². The van der Waals surface area contributed by atoms with Gasteiger partial charge in [-0.05, 0) is 77.9 Å². The minimum absolute atomic E-state index is 0.178. The van der Waals surface area contributed by atoms with E-state index < -0.39 is 0 Å².